The van der Waals surface area contributed by atoms with Crippen molar-refractivity contribution in [1.82, 2.24) is 15.4 Å². The van der Waals surface area contributed by atoms with Gasteiger partial charge in [-0.05, 0) is 43.2 Å². The average Bonchev–Trinajstić information content (AvgIpc) is 2.80. The number of rotatable bonds is 7. The maximum atomic E-state index is 13.1. The van der Waals surface area contributed by atoms with Crippen LogP contribution >= 0.6 is 0 Å². The SMILES string of the molecule is CN/N=C(\C(=O)Nc1ccc(C)c(C)c1)C(C(=O)OC)c1nc2ccc([N+](=O)[O-])cc2[nH]c1=O. The summed E-state index contributed by atoms with van der Waals surface area (Å²) in [6, 6.07) is 8.96. The molecular weight excluding hydrogens is 444 g/mol. The average molecular weight is 466 g/mol. The van der Waals surface area contributed by atoms with Gasteiger partial charge in [-0.2, -0.15) is 5.10 Å². The zero-order valence-corrected chi connectivity index (χ0v) is 18.8. The van der Waals surface area contributed by atoms with Crippen LogP contribution in [0.3, 0.4) is 0 Å². The van der Waals surface area contributed by atoms with Gasteiger partial charge < -0.3 is 20.5 Å². The number of nitro benzene ring substituents is 1. The summed E-state index contributed by atoms with van der Waals surface area (Å²) in [5, 5.41) is 17.6. The zero-order valence-electron chi connectivity index (χ0n) is 18.8. The van der Waals surface area contributed by atoms with Gasteiger partial charge in [0.25, 0.3) is 17.2 Å². The number of non-ortho nitro benzene ring substituents is 1. The Morgan fingerprint density at radius 3 is 2.53 bits per heavy atom. The number of hydrogen-bond donors (Lipinski definition) is 3. The van der Waals surface area contributed by atoms with Crippen molar-refractivity contribution in [2.24, 2.45) is 5.10 Å². The number of H-pyrrole nitrogens is 1. The molecule has 1 heterocycles. The fraction of sp³-hybridized carbons (Fsp3) is 0.227. The predicted octanol–water partition coefficient (Wildman–Crippen LogP) is 1.92. The van der Waals surface area contributed by atoms with E-state index >= 15 is 0 Å². The number of fused-ring (bicyclic) bond motifs is 1. The maximum Gasteiger partial charge on any atom is 0.321 e. The van der Waals surface area contributed by atoms with Crippen molar-refractivity contribution in [2.45, 2.75) is 19.8 Å². The summed E-state index contributed by atoms with van der Waals surface area (Å²) in [6.07, 6.45) is 0. The maximum absolute atomic E-state index is 13.1. The zero-order chi connectivity index (χ0) is 25.0. The lowest BCUT2D eigenvalue weighted by Gasteiger charge is -2.17. The van der Waals surface area contributed by atoms with E-state index in [0.29, 0.717) is 5.69 Å². The number of benzene rings is 2. The number of esters is 1. The fourth-order valence-electron chi connectivity index (χ4n) is 3.25. The van der Waals surface area contributed by atoms with Gasteiger partial charge in [-0.3, -0.25) is 24.5 Å². The molecule has 3 N–H and O–H groups in total. The Hall–Kier alpha value is -4.61. The lowest BCUT2D eigenvalue weighted by molar-refractivity contribution is -0.384. The number of hydrazone groups is 1. The van der Waals surface area contributed by atoms with Gasteiger partial charge in [-0.15, -0.1) is 0 Å². The van der Waals surface area contributed by atoms with Gasteiger partial charge in [0.05, 0.1) is 23.1 Å². The smallest absolute Gasteiger partial charge is 0.321 e. The highest BCUT2D eigenvalue weighted by Gasteiger charge is 2.36. The standard InChI is InChI=1S/C22H22N6O6/c1-11-5-6-13(9-12(11)2)24-21(30)19(27-23-3)17(22(31)34-4)18-20(29)26-16-10-14(28(32)33)7-8-15(16)25-18/h5-10,17,23H,1-4H3,(H,24,30)(H,26,29)/b27-19-. The van der Waals surface area contributed by atoms with Crippen LogP contribution in [-0.2, 0) is 14.3 Å². The fourth-order valence-corrected chi connectivity index (χ4v) is 3.25. The lowest BCUT2D eigenvalue weighted by atomic mass is 9.98. The largest absolute Gasteiger partial charge is 0.468 e. The van der Waals surface area contributed by atoms with E-state index in [1.165, 1.54) is 19.2 Å². The van der Waals surface area contributed by atoms with Crippen molar-refractivity contribution in [3.05, 3.63) is 73.7 Å². The number of nitrogens with one attached hydrogen (secondary N) is 3. The number of nitro groups is 1. The number of carbonyl (C=O) groups is 2. The Bertz CT molecular complexity index is 1380. The Labute approximate surface area is 193 Å². The Morgan fingerprint density at radius 2 is 1.91 bits per heavy atom. The Kier molecular flexibility index (Phi) is 7.00. The van der Waals surface area contributed by atoms with Crippen LogP contribution in [0.2, 0.25) is 0 Å². The number of amides is 1. The first kappa shape index (κ1) is 24.0. The van der Waals surface area contributed by atoms with Gasteiger partial charge in [0.1, 0.15) is 11.4 Å². The molecule has 1 amide bonds. The van der Waals surface area contributed by atoms with E-state index in [1.54, 1.807) is 12.1 Å². The second kappa shape index (κ2) is 9.90. The minimum absolute atomic E-state index is 0.0956. The number of anilines is 1. The molecule has 0 bridgehead atoms. The first-order valence-corrected chi connectivity index (χ1v) is 10.1. The van der Waals surface area contributed by atoms with Gasteiger partial charge in [0.2, 0.25) is 0 Å². The molecule has 0 aliphatic carbocycles. The van der Waals surface area contributed by atoms with Crippen molar-refractivity contribution in [1.29, 1.82) is 0 Å². The molecule has 1 unspecified atom stereocenters. The minimum Gasteiger partial charge on any atom is -0.468 e. The molecule has 0 radical (unpaired) electrons. The number of aromatic amines is 1. The van der Waals surface area contributed by atoms with Crippen LogP contribution < -0.4 is 16.3 Å². The highest BCUT2D eigenvalue weighted by atomic mass is 16.6. The van der Waals surface area contributed by atoms with Gasteiger partial charge in [0, 0.05) is 24.9 Å². The van der Waals surface area contributed by atoms with Crippen LogP contribution in [0, 0.1) is 24.0 Å². The second-order valence-corrected chi connectivity index (χ2v) is 7.34. The third-order valence-corrected chi connectivity index (χ3v) is 5.13. The van der Waals surface area contributed by atoms with Crippen LogP contribution in [0.5, 0.6) is 0 Å². The van der Waals surface area contributed by atoms with Gasteiger partial charge in [-0.25, -0.2) is 4.98 Å². The van der Waals surface area contributed by atoms with E-state index in [2.05, 4.69) is 25.8 Å². The van der Waals surface area contributed by atoms with Crippen LogP contribution in [0.25, 0.3) is 11.0 Å². The number of aryl methyl sites for hydroxylation is 2. The Morgan fingerprint density at radius 1 is 1.18 bits per heavy atom. The molecule has 34 heavy (non-hydrogen) atoms. The molecule has 12 nitrogen and oxygen atoms in total. The monoisotopic (exact) mass is 466 g/mol. The summed E-state index contributed by atoms with van der Waals surface area (Å²) >= 11 is 0. The highest BCUT2D eigenvalue weighted by molar-refractivity contribution is 6.47. The summed E-state index contributed by atoms with van der Waals surface area (Å²) in [7, 11) is 2.53. The lowest BCUT2D eigenvalue weighted by Crippen LogP contribution is -2.38. The number of hydrogen-bond acceptors (Lipinski definition) is 9. The molecular formula is C22H22N6O6. The number of carbonyl (C=O) groups excluding carboxylic acids is 2. The van der Waals surface area contributed by atoms with Crippen LogP contribution in [0.4, 0.5) is 11.4 Å². The Balaban J connectivity index is 2.10. The second-order valence-electron chi connectivity index (χ2n) is 7.34. The predicted molar refractivity (Wildman–Crippen MR) is 125 cm³/mol. The first-order valence-electron chi connectivity index (χ1n) is 10.1. The number of ether oxygens (including phenoxy) is 1. The number of nitrogens with zero attached hydrogens (tertiary/aromatic N) is 3. The van der Waals surface area contributed by atoms with E-state index in [-0.39, 0.29) is 28.1 Å². The van der Waals surface area contributed by atoms with Gasteiger partial charge >= 0.3 is 5.97 Å². The summed E-state index contributed by atoms with van der Waals surface area (Å²) in [5.74, 6) is -3.27. The summed E-state index contributed by atoms with van der Waals surface area (Å²) in [4.78, 5) is 55.8. The molecule has 0 fully saturated rings. The number of methoxy groups -OCH3 is 1. The minimum atomic E-state index is -1.58. The normalized spacial score (nSPS) is 12.2. The highest BCUT2D eigenvalue weighted by Crippen LogP contribution is 2.22. The number of aromatic nitrogens is 2. The summed E-state index contributed by atoms with van der Waals surface area (Å²) in [6.45, 7) is 3.81. The van der Waals surface area contributed by atoms with Crippen LogP contribution in [0.1, 0.15) is 22.7 Å². The first-order chi connectivity index (χ1) is 16.2. The molecule has 3 rings (SSSR count). The molecule has 2 aromatic carbocycles. The molecule has 0 aliphatic rings. The molecule has 0 aliphatic heterocycles. The summed E-state index contributed by atoms with van der Waals surface area (Å²) < 4.78 is 4.84. The molecule has 1 aromatic heterocycles. The molecule has 0 saturated heterocycles. The topological polar surface area (TPSA) is 169 Å². The van der Waals surface area contributed by atoms with Crippen molar-refractivity contribution in [2.75, 3.05) is 19.5 Å². The van der Waals surface area contributed by atoms with E-state index < -0.39 is 28.3 Å². The van der Waals surface area contributed by atoms with E-state index in [1.807, 2.05) is 19.9 Å². The van der Waals surface area contributed by atoms with E-state index in [4.69, 9.17) is 4.74 Å². The van der Waals surface area contributed by atoms with Crippen molar-refractivity contribution in [3.8, 4) is 0 Å². The van der Waals surface area contributed by atoms with Gasteiger partial charge in [-0.1, -0.05) is 6.07 Å². The quantitative estimate of drug-likeness (QED) is 0.205. The third-order valence-electron chi connectivity index (χ3n) is 5.13. The van der Waals surface area contributed by atoms with Crippen molar-refractivity contribution < 1.29 is 19.2 Å². The molecule has 176 valence electrons. The van der Waals surface area contributed by atoms with Crippen LogP contribution in [0.15, 0.2) is 46.3 Å². The summed E-state index contributed by atoms with van der Waals surface area (Å²) in [5.41, 5.74) is 3.40. The van der Waals surface area contributed by atoms with Gasteiger partial charge in [0.15, 0.2) is 5.92 Å². The molecule has 3 aromatic rings. The molecule has 1 atom stereocenters. The van der Waals surface area contributed by atoms with E-state index in [9.17, 15) is 24.5 Å². The third kappa shape index (κ3) is 4.90. The molecule has 12 heteroatoms. The molecule has 0 saturated carbocycles. The van der Waals surface area contributed by atoms with Crippen molar-refractivity contribution in [3.63, 3.8) is 0 Å². The molecule has 0 spiro atoms. The van der Waals surface area contributed by atoms with Crippen molar-refractivity contribution >= 4 is 40.0 Å². The van der Waals surface area contributed by atoms with E-state index in [0.717, 1.165) is 24.3 Å². The van der Waals surface area contributed by atoms with Crippen LogP contribution in [-0.4, -0.2) is 46.6 Å².